The molecule has 2 fully saturated rings. The van der Waals surface area contributed by atoms with Gasteiger partial charge in [0.15, 0.2) is 0 Å². The molecule has 1 amide bonds. The number of halogens is 1. The first-order valence-corrected chi connectivity index (χ1v) is 11.0. The molecule has 1 atom stereocenters. The summed E-state index contributed by atoms with van der Waals surface area (Å²) in [5.41, 5.74) is 0. The van der Waals surface area contributed by atoms with Crippen LogP contribution in [0.2, 0.25) is 5.02 Å². The Balaban J connectivity index is 1.61. The summed E-state index contributed by atoms with van der Waals surface area (Å²) in [6, 6.07) is 4.44. The normalized spacial score (nSPS) is 20.8. The number of likely N-dealkylation sites (tertiary alicyclic amines) is 1. The first-order chi connectivity index (χ1) is 12.4. The number of amides is 1. The number of nitrogens with one attached hydrogen (secondary N) is 1. The minimum Gasteiger partial charge on any atom is -0.492 e. The number of piperidine rings is 1. The van der Waals surface area contributed by atoms with Gasteiger partial charge in [-0.2, -0.15) is 0 Å². The zero-order chi connectivity index (χ0) is 18.7. The van der Waals surface area contributed by atoms with Crippen molar-refractivity contribution >= 4 is 27.5 Å². The molecule has 8 heteroatoms. The van der Waals surface area contributed by atoms with Crippen LogP contribution in [0.1, 0.15) is 32.6 Å². The van der Waals surface area contributed by atoms with Gasteiger partial charge in [0.25, 0.3) is 0 Å². The van der Waals surface area contributed by atoms with Gasteiger partial charge in [0.1, 0.15) is 5.75 Å². The van der Waals surface area contributed by atoms with Gasteiger partial charge in [0.2, 0.25) is 15.9 Å². The van der Waals surface area contributed by atoms with Gasteiger partial charge in [-0.1, -0.05) is 11.6 Å². The van der Waals surface area contributed by atoms with Crippen molar-refractivity contribution in [2.24, 2.45) is 11.8 Å². The number of nitrogens with zero attached hydrogens (tertiary/aromatic N) is 1. The van der Waals surface area contributed by atoms with Crippen LogP contribution in [-0.2, 0) is 14.8 Å². The summed E-state index contributed by atoms with van der Waals surface area (Å²) >= 11 is 6.02. The quantitative estimate of drug-likeness (QED) is 0.763. The summed E-state index contributed by atoms with van der Waals surface area (Å²) in [6.45, 7) is 3.95. The summed E-state index contributed by atoms with van der Waals surface area (Å²) in [5.74, 6) is 0.934. The molecule has 0 spiro atoms. The second kappa shape index (κ2) is 8.15. The summed E-state index contributed by atoms with van der Waals surface area (Å²) < 4.78 is 33.2. The van der Waals surface area contributed by atoms with Crippen molar-refractivity contribution in [3.63, 3.8) is 0 Å². The third-order valence-corrected chi connectivity index (χ3v) is 6.57. The molecule has 26 heavy (non-hydrogen) atoms. The van der Waals surface area contributed by atoms with Gasteiger partial charge in [-0.05, 0) is 50.7 Å². The highest BCUT2D eigenvalue weighted by Gasteiger charge is 2.35. The summed E-state index contributed by atoms with van der Waals surface area (Å²) in [7, 11) is -3.65. The Morgan fingerprint density at radius 2 is 2.12 bits per heavy atom. The molecule has 1 N–H and O–H groups in total. The van der Waals surface area contributed by atoms with Crippen molar-refractivity contribution in [3.05, 3.63) is 23.2 Å². The number of ether oxygens (including phenoxy) is 1. The molecule has 1 aromatic rings. The lowest BCUT2D eigenvalue weighted by atomic mass is 9.98. The topological polar surface area (TPSA) is 75.7 Å². The third kappa shape index (κ3) is 4.69. The van der Waals surface area contributed by atoms with Crippen LogP contribution in [0.15, 0.2) is 23.1 Å². The molecule has 0 bridgehead atoms. The van der Waals surface area contributed by atoms with E-state index in [1.807, 2.05) is 11.8 Å². The lowest BCUT2D eigenvalue weighted by Crippen LogP contribution is -2.44. The highest BCUT2D eigenvalue weighted by molar-refractivity contribution is 7.89. The number of rotatable bonds is 7. The van der Waals surface area contributed by atoms with E-state index in [-0.39, 0.29) is 22.6 Å². The lowest BCUT2D eigenvalue weighted by Gasteiger charge is -2.33. The molecule has 1 saturated carbocycles. The fourth-order valence-corrected chi connectivity index (χ4v) is 4.55. The molecule has 6 nitrogen and oxygen atoms in total. The molecule has 144 valence electrons. The zero-order valence-corrected chi connectivity index (χ0v) is 16.5. The van der Waals surface area contributed by atoms with E-state index in [9.17, 15) is 13.2 Å². The maximum absolute atomic E-state index is 12.6. The summed E-state index contributed by atoms with van der Waals surface area (Å²) in [5, 5.41) is 0.382. The van der Waals surface area contributed by atoms with Gasteiger partial charge >= 0.3 is 0 Å². The van der Waals surface area contributed by atoms with Gasteiger partial charge in [-0.25, -0.2) is 13.1 Å². The van der Waals surface area contributed by atoms with Crippen LogP contribution in [-0.4, -0.2) is 45.5 Å². The van der Waals surface area contributed by atoms with E-state index in [0.29, 0.717) is 30.5 Å². The average Bonchev–Trinajstić information content (AvgIpc) is 3.47. The van der Waals surface area contributed by atoms with E-state index >= 15 is 0 Å². The van der Waals surface area contributed by atoms with E-state index in [1.165, 1.54) is 18.2 Å². The minimum atomic E-state index is -3.65. The smallest absolute Gasteiger partial charge is 0.240 e. The number of carbonyl (C=O) groups excluding carboxylic acids is 1. The van der Waals surface area contributed by atoms with Crippen LogP contribution in [0.25, 0.3) is 0 Å². The predicted octanol–water partition coefficient (Wildman–Crippen LogP) is 2.67. The molecular weight excluding hydrogens is 376 g/mol. The molecule has 2 aliphatic rings. The number of hydrogen-bond donors (Lipinski definition) is 1. The Morgan fingerprint density at radius 1 is 1.35 bits per heavy atom. The Morgan fingerprint density at radius 3 is 2.81 bits per heavy atom. The summed E-state index contributed by atoms with van der Waals surface area (Å²) in [6.07, 6.45) is 3.82. The second-order valence-electron chi connectivity index (χ2n) is 6.94. The van der Waals surface area contributed by atoms with Crippen molar-refractivity contribution in [1.29, 1.82) is 0 Å². The zero-order valence-electron chi connectivity index (χ0n) is 14.9. The fourth-order valence-electron chi connectivity index (χ4n) is 3.25. The Kier molecular flexibility index (Phi) is 6.10. The van der Waals surface area contributed by atoms with Gasteiger partial charge in [0, 0.05) is 31.6 Å². The first-order valence-electron chi connectivity index (χ1n) is 9.11. The highest BCUT2D eigenvalue weighted by Crippen LogP contribution is 2.32. The maximum Gasteiger partial charge on any atom is 0.240 e. The lowest BCUT2D eigenvalue weighted by molar-refractivity contribution is -0.134. The largest absolute Gasteiger partial charge is 0.492 e. The first kappa shape index (κ1) is 19.5. The Labute approximate surface area is 159 Å². The van der Waals surface area contributed by atoms with Gasteiger partial charge in [0.05, 0.1) is 16.5 Å². The van der Waals surface area contributed by atoms with Crippen molar-refractivity contribution in [2.45, 2.75) is 37.5 Å². The molecule has 1 aliphatic heterocycles. The molecule has 0 unspecified atom stereocenters. The van der Waals surface area contributed by atoms with Gasteiger partial charge in [-0.15, -0.1) is 0 Å². The molecule has 1 aliphatic carbocycles. The molecule has 0 aromatic heterocycles. The number of hydrogen-bond acceptors (Lipinski definition) is 4. The molecule has 1 aromatic carbocycles. The molecular formula is C18H25ClN2O4S. The van der Waals surface area contributed by atoms with Crippen LogP contribution >= 0.6 is 11.6 Å². The van der Waals surface area contributed by atoms with Crippen molar-refractivity contribution < 1.29 is 17.9 Å². The Bertz CT molecular complexity index is 764. The monoisotopic (exact) mass is 400 g/mol. The van der Waals surface area contributed by atoms with E-state index in [4.69, 9.17) is 16.3 Å². The standard InChI is InChI=1S/C18H25ClN2O4S/c1-2-25-17-10-15(7-8-16(17)19)26(23,24)20-11-13-4-3-9-21(12-13)18(22)14-5-6-14/h7-8,10,13-14,20H,2-6,9,11-12H2,1H3/t13-/m1/s1. The van der Waals surface area contributed by atoms with Crippen molar-refractivity contribution in [1.82, 2.24) is 9.62 Å². The third-order valence-electron chi connectivity index (χ3n) is 4.83. The number of benzene rings is 1. The average molecular weight is 401 g/mol. The van der Waals surface area contributed by atoms with E-state index < -0.39 is 10.0 Å². The fraction of sp³-hybridized carbons (Fsp3) is 0.611. The minimum absolute atomic E-state index is 0.132. The van der Waals surface area contributed by atoms with Crippen molar-refractivity contribution in [3.8, 4) is 5.75 Å². The van der Waals surface area contributed by atoms with Crippen LogP contribution in [0.4, 0.5) is 0 Å². The van der Waals surface area contributed by atoms with Crippen LogP contribution in [0.5, 0.6) is 5.75 Å². The number of carbonyl (C=O) groups is 1. The molecule has 1 heterocycles. The molecule has 3 rings (SSSR count). The van der Waals surface area contributed by atoms with E-state index in [0.717, 1.165) is 32.2 Å². The predicted molar refractivity (Wildman–Crippen MR) is 99.8 cm³/mol. The highest BCUT2D eigenvalue weighted by atomic mass is 35.5. The van der Waals surface area contributed by atoms with Gasteiger partial charge in [-0.3, -0.25) is 4.79 Å². The van der Waals surface area contributed by atoms with Crippen LogP contribution < -0.4 is 9.46 Å². The SMILES string of the molecule is CCOc1cc(S(=O)(=O)NC[C@H]2CCCN(C(=O)C3CC3)C2)ccc1Cl. The summed E-state index contributed by atoms with van der Waals surface area (Å²) in [4.78, 5) is 14.3. The molecule has 1 saturated heterocycles. The Hall–Kier alpha value is -1.31. The van der Waals surface area contributed by atoms with Crippen LogP contribution in [0, 0.1) is 11.8 Å². The maximum atomic E-state index is 12.6. The number of sulfonamides is 1. The van der Waals surface area contributed by atoms with Gasteiger partial charge < -0.3 is 9.64 Å². The van der Waals surface area contributed by atoms with Crippen molar-refractivity contribution in [2.75, 3.05) is 26.2 Å². The van der Waals surface area contributed by atoms with E-state index in [2.05, 4.69) is 4.72 Å². The van der Waals surface area contributed by atoms with Crippen LogP contribution in [0.3, 0.4) is 0 Å². The molecule has 0 radical (unpaired) electrons. The second-order valence-corrected chi connectivity index (χ2v) is 9.12. The van der Waals surface area contributed by atoms with E-state index in [1.54, 1.807) is 0 Å².